The Kier molecular flexibility index (Phi) is 6.93. The van der Waals surface area contributed by atoms with E-state index in [4.69, 9.17) is 0 Å². The zero-order valence-corrected chi connectivity index (χ0v) is 31.0. The van der Waals surface area contributed by atoms with E-state index in [0.717, 1.165) is 17.1 Å². The number of hydrogen-bond acceptors (Lipinski definition) is 0. The number of fused-ring (bicyclic) bond motifs is 10. The Hall–Kier alpha value is -7.62. The van der Waals surface area contributed by atoms with E-state index in [1.807, 2.05) is 0 Å². The lowest BCUT2D eigenvalue weighted by atomic mass is 9.99. The van der Waals surface area contributed by atoms with Crippen molar-refractivity contribution in [2.24, 2.45) is 0 Å². The molecule has 0 fully saturated rings. The molecule has 0 N–H and O–H groups in total. The summed E-state index contributed by atoms with van der Waals surface area (Å²) in [5.74, 6) is 0. The fraction of sp³-hybridized carbons (Fsp3) is 0. The van der Waals surface area contributed by atoms with Crippen LogP contribution < -0.4 is 0 Å². The molecule has 3 nitrogen and oxygen atoms in total. The first kappa shape index (κ1) is 31.7. The van der Waals surface area contributed by atoms with Crippen LogP contribution in [0.5, 0.6) is 0 Å². The minimum absolute atomic E-state index is 1.15. The van der Waals surface area contributed by atoms with Gasteiger partial charge in [0.25, 0.3) is 0 Å². The Labute approximate surface area is 329 Å². The van der Waals surface area contributed by atoms with Gasteiger partial charge in [-0.2, -0.15) is 0 Å². The van der Waals surface area contributed by atoms with Gasteiger partial charge in [0, 0.05) is 49.4 Å². The number of para-hydroxylation sites is 4. The first-order valence-corrected chi connectivity index (χ1v) is 19.6. The van der Waals surface area contributed by atoms with Gasteiger partial charge in [-0.25, -0.2) is 0 Å². The third-order valence-corrected chi connectivity index (χ3v) is 11.8. The highest BCUT2D eigenvalue weighted by atomic mass is 15.0. The van der Waals surface area contributed by atoms with Crippen molar-refractivity contribution in [3.63, 3.8) is 0 Å². The van der Waals surface area contributed by atoms with Crippen molar-refractivity contribution >= 4 is 65.4 Å². The van der Waals surface area contributed by atoms with E-state index in [9.17, 15) is 0 Å². The van der Waals surface area contributed by atoms with E-state index >= 15 is 0 Å². The molecule has 0 amide bonds. The summed E-state index contributed by atoms with van der Waals surface area (Å²) in [6.07, 6.45) is 0. The summed E-state index contributed by atoms with van der Waals surface area (Å²) in [6.45, 7) is 0. The maximum Gasteiger partial charge on any atom is 0.0548 e. The van der Waals surface area contributed by atoms with Crippen LogP contribution in [0.2, 0.25) is 0 Å². The number of nitrogens with zero attached hydrogens (tertiary/aromatic N) is 3. The Bertz CT molecular complexity index is 3500. The molecule has 0 spiro atoms. The largest absolute Gasteiger partial charge is 0.309 e. The summed E-state index contributed by atoms with van der Waals surface area (Å²) in [6, 6.07) is 77.4. The molecule has 3 heterocycles. The summed E-state index contributed by atoms with van der Waals surface area (Å²) < 4.78 is 7.26. The standard InChI is InChI=1S/C54H35N3/c1-4-15-36(16-5-1)37-17-14-22-42(33-37)57-47-25-12-10-23-43(47)45-34-38(27-29-49(45)57)39-28-30-50-46(35-39)54-52(56(50)41-20-8-3-9-21-41)32-31-51-53(54)44-24-11-13-26-48(44)55(51)40-18-6-2-7-19-40/h1-35H. The average Bonchev–Trinajstić information content (AvgIpc) is 3.92. The third kappa shape index (κ3) is 4.79. The molecule has 3 heteroatoms. The van der Waals surface area contributed by atoms with E-state index in [-0.39, 0.29) is 0 Å². The van der Waals surface area contributed by atoms with Crippen LogP contribution in [-0.4, -0.2) is 13.7 Å². The van der Waals surface area contributed by atoms with Crippen LogP contribution in [0, 0.1) is 0 Å². The van der Waals surface area contributed by atoms with E-state index in [0.29, 0.717) is 0 Å². The smallest absolute Gasteiger partial charge is 0.0548 e. The summed E-state index contributed by atoms with van der Waals surface area (Å²) in [5, 5.41) is 7.54. The molecule has 0 unspecified atom stereocenters. The van der Waals surface area contributed by atoms with Crippen LogP contribution >= 0.6 is 0 Å². The molecule has 266 valence electrons. The maximum absolute atomic E-state index is 2.43. The number of rotatable bonds is 5. The SMILES string of the molecule is c1ccc(-c2cccc(-n3c4ccccc4c4cc(-c5ccc6c(c5)c5c7c8ccccc8n(-c8ccccc8)c7ccc5n6-c5ccccc5)ccc43)c2)cc1. The molecular weight excluding hydrogens is 691 g/mol. The van der Waals surface area contributed by atoms with Gasteiger partial charge >= 0.3 is 0 Å². The molecular formula is C54H35N3. The van der Waals surface area contributed by atoms with Crippen LogP contribution in [0.3, 0.4) is 0 Å². The minimum Gasteiger partial charge on any atom is -0.309 e. The van der Waals surface area contributed by atoms with E-state index in [2.05, 4.69) is 226 Å². The Morgan fingerprint density at radius 3 is 1.26 bits per heavy atom. The van der Waals surface area contributed by atoms with E-state index in [1.165, 1.54) is 87.7 Å². The zero-order valence-electron chi connectivity index (χ0n) is 31.0. The topological polar surface area (TPSA) is 14.8 Å². The van der Waals surface area contributed by atoms with Gasteiger partial charge in [-0.05, 0) is 107 Å². The first-order valence-electron chi connectivity index (χ1n) is 19.6. The van der Waals surface area contributed by atoms with Crippen molar-refractivity contribution in [2.45, 2.75) is 0 Å². The van der Waals surface area contributed by atoms with Crippen molar-refractivity contribution in [1.82, 2.24) is 13.7 Å². The highest BCUT2D eigenvalue weighted by Crippen LogP contribution is 2.44. The molecule has 3 aromatic heterocycles. The molecule has 0 aliphatic heterocycles. The molecule has 0 aliphatic carbocycles. The molecule has 0 atom stereocenters. The second-order valence-electron chi connectivity index (χ2n) is 14.9. The number of benzene rings is 9. The fourth-order valence-electron chi connectivity index (χ4n) is 9.35. The molecule has 0 aliphatic rings. The minimum atomic E-state index is 1.15. The fourth-order valence-corrected chi connectivity index (χ4v) is 9.35. The van der Waals surface area contributed by atoms with Crippen molar-refractivity contribution in [1.29, 1.82) is 0 Å². The van der Waals surface area contributed by atoms with E-state index < -0.39 is 0 Å². The van der Waals surface area contributed by atoms with Gasteiger partial charge in [0.2, 0.25) is 0 Å². The summed E-state index contributed by atoms with van der Waals surface area (Å²) in [4.78, 5) is 0. The Balaban J connectivity index is 1.11. The van der Waals surface area contributed by atoms with Crippen LogP contribution in [0.25, 0.3) is 105 Å². The van der Waals surface area contributed by atoms with Crippen molar-refractivity contribution in [3.8, 4) is 39.3 Å². The molecule has 0 radical (unpaired) electrons. The number of aromatic nitrogens is 3. The lowest BCUT2D eigenvalue weighted by Gasteiger charge is -2.11. The maximum atomic E-state index is 2.43. The third-order valence-electron chi connectivity index (χ3n) is 11.8. The van der Waals surface area contributed by atoms with Gasteiger partial charge in [-0.1, -0.05) is 127 Å². The van der Waals surface area contributed by atoms with Crippen LogP contribution in [0.15, 0.2) is 212 Å². The van der Waals surface area contributed by atoms with Crippen LogP contribution in [0.4, 0.5) is 0 Å². The Morgan fingerprint density at radius 1 is 0.211 bits per heavy atom. The molecule has 0 saturated heterocycles. The first-order chi connectivity index (χ1) is 28.3. The van der Waals surface area contributed by atoms with Crippen LogP contribution in [0.1, 0.15) is 0 Å². The Morgan fingerprint density at radius 2 is 0.614 bits per heavy atom. The predicted octanol–water partition coefficient (Wildman–Crippen LogP) is 14.3. The van der Waals surface area contributed by atoms with Crippen molar-refractivity contribution in [3.05, 3.63) is 212 Å². The highest BCUT2D eigenvalue weighted by molar-refractivity contribution is 6.29. The monoisotopic (exact) mass is 725 g/mol. The van der Waals surface area contributed by atoms with Gasteiger partial charge in [-0.3, -0.25) is 0 Å². The quantitative estimate of drug-likeness (QED) is 0.168. The van der Waals surface area contributed by atoms with Crippen LogP contribution in [-0.2, 0) is 0 Å². The average molecular weight is 726 g/mol. The van der Waals surface area contributed by atoms with Crippen molar-refractivity contribution in [2.75, 3.05) is 0 Å². The second kappa shape index (κ2) is 12.5. The molecule has 12 rings (SSSR count). The van der Waals surface area contributed by atoms with Gasteiger partial charge in [-0.15, -0.1) is 0 Å². The lowest BCUT2D eigenvalue weighted by Crippen LogP contribution is -1.94. The summed E-state index contributed by atoms with van der Waals surface area (Å²) >= 11 is 0. The molecule has 0 bridgehead atoms. The lowest BCUT2D eigenvalue weighted by molar-refractivity contribution is 1.17. The van der Waals surface area contributed by atoms with Gasteiger partial charge in [0.1, 0.15) is 0 Å². The van der Waals surface area contributed by atoms with Crippen molar-refractivity contribution < 1.29 is 0 Å². The molecule has 57 heavy (non-hydrogen) atoms. The van der Waals surface area contributed by atoms with E-state index in [1.54, 1.807) is 0 Å². The summed E-state index contributed by atoms with van der Waals surface area (Å²) in [7, 11) is 0. The highest BCUT2D eigenvalue weighted by Gasteiger charge is 2.21. The van der Waals surface area contributed by atoms with Gasteiger partial charge in [0.05, 0.1) is 33.1 Å². The molecule has 12 aromatic rings. The second-order valence-corrected chi connectivity index (χ2v) is 14.9. The zero-order chi connectivity index (χ0) is 37.5. The predicted molar refractivity (Wildman–Crippen MR) is 240 cm³/mol. The molecule has 0 saturated carbocycles. The van der Waals surface area contributed by atoms with Gasteiger partial charge in [0.15, 0.2) is 0 Å². The molecule has 9 aromatic carbocycles. The van der Waals surface area contributed by atoms with Gasteiger partial charge < -0.3 is 13.7 Å². The number of hydrogen-bond donors (Lipinski definition) is 0. The summed E-state index contributed by atoms with van der Waals surface area (Å²) in [5.41, 5.74) is 15.5. The normalized spacial score (nSPS) is 11.9.